The molecule has 1 aromatic carbocycles. The van der Waals surface area contributed by atoms with E-state index >= 15 is 0 Å². The minimum Gasteiger partial charge on any atom is -0.376 e. The molecule has 1 saturated heterocycles. The van der Waals surface area contributed by atoms with Crippen molar-refractivity contribution >= 4 is 27.9 Å². The Labute approximate surface area is 116 Å². The highest BCUT2D eigenvalue weighted by molar-refractivity contribution is 9.10. The van der Waals surface area contributed by atoms with E-state index in [9.17, 15) is 4.79 Å². The molecule has 0 aliphatic carbocycles. The zero-order valence-corrected chi connectivity index (χ0v) is 12.1. The fourth-order valence-corrected chi connectivity index (χ4v) is 2.93. The molecule has 0 N–H and O–H groups in total. The fraction of sp³-hybridized carbons (Fsp3) is 0.500. The zero-order valence-electron chi connectivity index (χ0n) is 10.6. The molecule has 2 rings (SSSR count). The number of halogens is 1. The monoisotopic (exact) mass is 311 g/mol. The van der Waals surface area contributed by atoms with Gasteiger partial charge < -0.3 is 9.64 Å². The second-order valence-corrected chi connectivity index (χ2v) is 5.36. The summed E-state index contributed by atoms with van der Waals surface area (Å²) in [6, 6.07) is 5.71. The molecule has 1 heterocycles. The van der Waals surface area contributed by atoms with Gasteiger partial charge in [-0.1, -0.05) is 0 Å². The van der Waals surface area contributed by atoms with Crippen molar-refractivity contribution in [2.24, 2.45) is 0 Å². The van der Waals surface area contributed by atoms with Gasteiger partial charge in [-0.2, -0.15) is 0 Å². The van der Waals surface area contributed by atoms with Crippen LogP contribution in [-0.2, 0) is 4.74 Å². The lowest BCUT2D eigenvalue weighted by Crippen LogP contribution is -2.32. The Morgan fingerprint density at radius 2 is 2.39 bits per heavy atom. The number of hydrogen-bond acceptors (Lipinski definition) is 3. The van der Waals surface area contributed by atoms with E-state index in [1.54, 1.807) is 0 Å². The Kier molecular flexibility index (Phi) is 4.78. The maximum atomic E-state index is 10.7. The van der Waals surface area contributed by atoms with Crippen LogP contribution in [0.15, 0.2) is 22.7 Å². The molecular formula is C14H18BrNO2. The Hall–Kier alpha value is -0.870. The third kappa shape index (κ3) is 3.12. The molecular weight excluding hydrogens is 294 g/mol. The van der Waals surface area contributed by atoms with Crippen molar-refractivity contribution in [3.63, 3.8) is 0 Å². The SMILES string of the molecule is CCN(CC1CCCO1)c1ccc(C=O)cc1Br. The van der Waals surface area contributed by atoms with Crippen LogP contribution in [0.25, 0.3) is 0 Å². The van der Waals surface area contributed by atoms with Gasteiger partial charge >= 0.3 is 0 Å². The van der Waals surface area contributed by atoms with Crippen molar-refractivity contribution in [2.45, 2.75) is 25.9 Å². The summed E-state index contributed by atoms with van der Waals surface area (Å²) < 4.78 is 6.64. The normalized spacial score (nSPS) is 18.9. The first-order valence-corrected chi connectivity index (χ1v) is 7.15. The van der Waals surface area contributed by atoms with Crippen LogP contribution in [0.2, 0.25) is 0 Å². The molecule has 0 bridgehead atoms. The Morgan fingerprint density at radius 1 is 1.56 bits per heavy atom. The van der Waals surface area contributed by atoms with Gasteiger partial charge in [-0.3, -0.25) is 4.79 Å². The largest absolute Gasteiger partial charge is 0.376 e. The Balaban J connectivity index is 2.13. The van der Waals surface area contributed by atoms with Crippen molar-refractivity contribution < 1.29 is 9.53 Å². The lowest BCUT2D eigenvalue weighted by molar-refractivity contribution is 0.112. The average molecular weight is 312 g/mol. The van der Waals surface area contributed by atoms with Gasteiger partial charge in [0.1, 0.15) is 6.29 Å². The van der Waals surface area contributed by atoms with Crippen LogP contribution < -0.4 is 4.90 Å². The molecule has 1 atom stereocenters. The predicted octanol–water partition coefficient (Wildman–Crippen LogP) is 3.27. The molecule has 98 valence electrons. The van der Waals surface area contributed by atoms with E-state index in [1.165, 1.54) is 0 Å². The first-order chi connectivity index (χ1) is 8.74. The van der Waals surface area contributed by atoms with Crippen molar-refractivity contribution in [2.75, 3.05) is 24.6 Å². The third-order valence-electron chi connectivity index (χ3n) is 3.28. The standard InChI is InChI=1S/C14H18BrNO2/c1-2-16(9-12-4-3-7-18-12)14-6-5-11(10-17)8-13(14)15/h5-6,8,10,12H,2-4,7,9H2,1H3. The van der Waals surface area contributed by atoms with Gasteiger partial charge in [0.2, 0.25) is 0 Å². The number of carbonyl (C=O) groups excluding carboxylic acids is 1. The summed E-state index contributed by atoms with van der Waals surface area (Å²) in [6.45, 7) is 4.86. The van der Waals surface area contributed by atoms with E-state index in [-0.39, 0.29) is 0 Å². The van der Waals surface area contributed by atoms with Crippen LogP contribution in [-0.4, -0.2) is 32.1 Å². The molecule has 0 aromatic heterocycles. The molecule has 3 nitrogen and oxygen atoms in total. The topological polar surface area (TPSA) is 29.5 Å². The molecule has 1 unspecified atom stereocenters. The summed E-state index contributed by atoms with van der Waals surface area (Å²) in [6.07, 6.45) is 3.50. The van der Waals surface area contributed by atoms with Gasteiger partial charge in [0, 0.05) is 29.7 Å². The van der Waals surface area contributed by atoms with Crippen LogP contribution in [0.1, 0.15) is 30.1 Å². The second-order valence-electron chi connectivity index (χ2n) is 4.50. The number of nitrogens with zero attached hydrogens (tertiary/aromatic N) is 1. The quantitative estimate of drug-likeness (QED) is 0.782. The summed E-state index contributed by atoms with van der Waals surface area (Å²) >= 11 is 3.54. The lowest BCUT2D eigenvalue weighted by Gasteiger charge is -2.27. The number of rotatable bonds is 5. The zero-order chi connectivity index (χ0) is 13.0. The van der Waals surface area contributed by atoms with E-state index < -0.39 is 0 Å². The third-order valence-corrected chi connectivity index (χ3v) is 3.91. The van der Waals surface area contributed by atoms with Gasteiger partial charge in [0.05, 0.1) is 11.8 Å². The van der Waals surface area contributed by atoms with Crippen LogP contribution in [0, 0.1) is 0 Å². The van der Waals surface area contributed by atoms with E-state index in [1.807, 2.05) is 18.2 Å². The van der Waals surface area contributed by atoms with E-state index in [0.717, 1.165) is 49.0 Å². The first-order valence-electron chi connectivity index (χ1n) is 6.36. The van der Waals surface area contributed by atoms with Crippen LogP contribution in [0.4, 0.5) is 5.69 Å². The number of ether oxygens (including phenoxy) is 1. The van der Waals surface area contributed by atoms with Crippen LogP contribution in [0.5, 0.6) is 0 Å². The Morgan fingerprint density at radius 3 is 2.94 bits per heavy atom. The highest BCUT2D eigenvalue weighted by Gasteiger charge is 2.19. The minimum atomic E-state index is 0.336. The fourth-order valence-electron chi connectivity index (χ4n) is 2.28. The van der Waals surface area contributed by atoms with Crippen LogP contribution >= 0.6 is 15.9 Å². The average Bonchev–Trinajstić information content (AvgIpc) is 2.89. The molecule has 0 amide bonds. The number of carbonyl (C=O) groups is 1. The summed E-state index contributed by atoms with van der Waals surface area (Å²) in [7, 11) is 0. The number of likely N-dealkylation sites (N-methyl/N-ethyl adjacent to an activating group) is 1. The number of anilines is 1. The lowest BCUT2D eigenvalue weighted by atomic mass is 10.2. The molecule has 18 heavy (non-hydrogen) atoms. The molecule has 1 aliphatic heterocycles. The van der Waals surface area contributed by atoms with Gasteiger partial charge in [-0.15, -0.1) is 0 Å². The van der Waals surface area contributed by atoms with Gasteiger partial charge in [-0.25, -0.2) is 0 Å². The minimum absolute atomic E-state index is 0.336. The van der Waals surface area contributed by atoms with Crippen molar-refractivity contribution in [1.82, 2.24) is 0 Å². The predicted molar refractivity (Wildman–Crippen MR) is 76.4 cm³/mol. The number of aldehydes is 1. The number of benzene rings is 1. The summed E-state index contributed by atoms with van der Waals surface area (Å²) in [5.41, 5.74) is 1.82. The van der Waals surface area contributed by atoms with E-state index in [0.29, 0.717) is 11.7 Å². The maximum absolute atomic E-state index is 10.7. The van der Waals surface area contributed by atoms with Gasteiger partial charge in [-0.05, 0) is 53.9 Å². The smallest absolute Gasteiger partial charge is 0.150 e. The summed E-state index contributed by atoms with van der Waals surface area (Å²) in [5.74, 6) is 0. The Bertz CT molecular complexity index is 416. The second kappa shape index (κ2) is 6.34. The highest BCUT2D eigenvalue weighted by atomic mass is 79.9. The molecule has 1 aromatic rings. The molecule has 0 radical (unpaired) electrons. The molecule has 0 saturated carbocycles. The number of hydrogen-bond donors (Lipinski definition) is 0. The molecule has 1 fully saturated rings. The highest BCUT2D eigenvalue weighted by Crippen LogP contribution is 2.28. The van der Waals surface area contributed by atoms with E-state index in [2.05, 4.69) is 27.8 Å². The summed E-state index contributed by atoms with van der Waals surface area (Å²) in [5, 5.41) is 0. The maximum Gasteiger partial charge on any atom is 0.150 e. The molecule has 1 aliphatic rings. The van der Waals surface area contributed by atoms with Crippen molar-refractivity contribution in [1.29, 1.82) is 0 Å². The first kappa shape index (κ1) is 13.6. The molecule has 0 spiro atoms. The summed E-state index contributed by atoms with van der Waals surface area (Å²) in [4.78, 5) is 13.0. The van der Waals surface area contributed by atoms with Crippen molar-refractivity contribution in [3.05, 3.63) is 28.2 Å². The van der Waals surface area contributed by atoms with E-state index in [4.69, 9.17) is 4.74 Å². The van der Waals surface area contributed by atoms with Gasteiger partial charge in [0.15, 0.2) is 0 Å². The molecule has 4 heteroatoms. The van der Waals surface area contributed by atoms with Crippen LogP contribution in [0.3, 0.4) is 0 Å². The van der Waals surface area contributed by atoms with Gasteiger partial charge in [0.25, 0.3) is 0 Å². The van der Waals surface area contributed by atoms with Crippen molar-refractivity contribution in [3.8, 4) is 0 Å².